The molecule has 0 aliphatic carbocycles. The van der Waals surface area contributed by atoms with Crippen molar-refractivity contribution in [3.05, 3.63) is 58.5 Å². The van der Waals surface area contributed by atoms with Crippen LogP contribution in [0.1, 0.15) is 18.1 Å². The molecular formula is C27H30N2O7S. The van der Waals surface area contributed by atoms with Gasteiger partial charge in [-0.05, 0) is 67.1 Å². The zero-order valence-corrected chi connectivity index (χ0v) is 21.8. The average molecular weight is 527 g/mol. The van der Waals surface area contributed by atoms with E-state index in [-0.39, 0.29) is 36.8 Å². The van der Waals surface area contributed by atoms with Crippen LogP contribution in [-0.4, -0.2) is 79.5 Å². The molecular weight excluding hydrogens is 496 g/mol. The van der Waals surface area contributed by atoms with Gasteiger partial charge in [0.05, 0.1) is 31.3 Å². The van der Waals surface area contributed by atoms with E-state index in [1.165, 1.54) is 4.90 Å². The van der Waals surface area contributed by atoms with Gasteiger partial charge in [-0.25, -0.2) is 0 Å². The van der Waals surface area contributed by atoms with Crippen LogP contribution in [0.4, 0.5) is 4.79 Å². The Labute approximate surface area is 220 Å². The summed E-state index contributed by atoms with van der Waals surface area (Å²) in [5, 5.41) is -0.337. The standard InChI is InChI=1S/C27H30N2O7S/c1-3-34-23-16-20(7-8-22(23)36-18-25(30)28-9-12-33-13-10-28)17-24-26(31)29(27(32)37-24)11-14-35-21-6-4-5-19(2)15-21/h4-8,15-17H,3,9-14,18H2,1-2H3/b24-17-. The van der Waals surface area contributed by atoms with Gasteiger partial charge in [0, 0.05) is 13.1 Å². The van der Waals surface area contributed by atoms with Crippen LogP contribution in [0.15, 0.2) is 47.4 Å². The molecule has 0 aromatic heterocycles. The fraction of sp³-hybridized carbons (Fsp3) is 0.370. The largest absolute Gasteiger partial charge is 0.492 e. The van der Waals surface area contributed by atoms with Gasteiger partial charge in [-0.3, -0.25) is 19.3 Å². The first-order valence-corrected chi connectivity index (χ1v) is 13.0. The van der Waals surface area contributed by atoms with Gasteiger partial charge >= 0.3 is 0 Å². The Hall–Kier alpha value is -3.50. The van der Waals surface area contributed by atoms with E-state index in [2.05, 4.69) is 0 Å². The summed E-state index contributed by atoms with van der Waals surface area (Å²) in [5.41, 5.74) is 1.75. The number of ether oxygens (including phenoxy) is 4. The van der Waals surface area contributed by atoms with E-state index in [4.69, 9.17) is 18.9 Å². The Morgan fingerprint density at radius 3 is 2.62 bits per heavy atom. The normalized spacial score (nSPS) is 16.9. The molecule has 0 bridgehead atoms. The number of hydrogen-bond acceptors (Lipinski definition) is 8. The molecule has 3 amide bonds. The van der Waals surface area contributed by atoms with Crippen molar-refractivity contribution in [2.24, 2.45) is 0 Å². The molecule has 0 spiro atoms. The number of benzene rings is 2. The molecule has 4 rings (SSSR count). The lowest BCUT2D eigenvalue weighted by molar-refractivity contribution is -0.137. The van der Waals surface area contributed by atoms with Gasteiger partial charge in [0.25, 0.3) is 17.1 Å². The Kier molecular flexibility index (Phi) is 9.08. The molecule has 9 nitrogen and oxygen atoms in total. The van der Waals surface area contributed by atoms with E-state index >= 15 is 0 Å². The topological polar surface area (TPSA) is 94.6 Å². The summed E-state index contributed by atoms with van der Waals surface area (Å²) in [5.74, 6) is 1.10. The van der Waals surface area contributed by atoms with Gasteiger partial charge in [-0.2, -0.15) is 0 Å². The number of morpholine rings is 1. The van der Waals surface area contributed by atoms with Gasteiger partial charge < -0.3 is 23.8 Å². The van der Waals surface area contributed by atoms with Gasteiger partial charge in [0.2, 0.25) is 0 Å². The summed E-state index contributed by atoms with van der Waals surface area (Å²) in [6.07, 6.45) is 1.65. The van der Waals surface area contributed by atoms with Crippen LogP contribution in [0.3, 0.4) is 0 Å². The van der Waals surface area contributed by atoms with Crippen molar-refractivity contribution < 1.29 is 33.3 Å². The summed E-state index contributed by atoms with van der Waals surface area (Å²) in [7, 11) is 0. The Morgan fingerprint density at radius 1 is 1.05 bits per heavy atom. The lowest BCUT2D eigenvalue weighted by Gasteiger charge is -2.26. The van der Waals surface area contributed by atoms with Crippen molar-refractivity contribution in [3.8, 4) is 17.2 Å². The highest BCUT2D eigenvalue weighted by atomic mass is 32.2. The molecule has 37 heavy (non-hydrogen) atoms. The van der Waals surface area contributed by atoms with Crippen molar-refractivity contribution in [3.63, 3.8) is 0 Å². The predicted octanol–water partition coefficient (Wildman–Crippen LogP) is 3.75. The molecule has 2 aliphatic rings. The minimum atomic E-state index is -0.364. The lowest BCUT2D eigenvalue weighted by Crippen LogP contribution is -2.43. The smallest absolute Gasteiger partial charge is 0.293 e. The summed E-state index contributed by atoms with van der Waals surface area (Å²) < 4.78 is 22.4. The number of carbonyl (C=O) groups excluding carboxylic acids is 3. The molecule has 2 fully saturated rings. The van der Waals surface area contributed by atoms with Crippen LogP contribution in [0.5, 0.6) is 17.2 Å². The number of hydrogen-bond donors (Lipinski definition) is 0. The lowest BCUT2D eigenvalue weighted by atomic mass is 10.2. The molecule has 10 heteroatoms. The van der Waals surface area contributed by atoms with E-state index in [0.29, 0.717) is 60.6 Å². The van der Waals surface area contributed by atoms with Crippen LogP contribution in [0.2, 0.25) is 0 Å². The molecule has 0 unspecified atom stereocenters. The molecule has 0 radical (unpaired) electrons. The number of carbonyl (C=O) groups is 3. The third-order valence-electron chi connectivity index (χ3n) is 5.73. The second kappa shape index (κ2) is 12.6. The first-order chi connectivity index (χ1) is 17.9. The Morgan fingerprint density at radius 2 is 1.86 bits per heavy atom. The van der Waals surface area contributed by atoms with Gasteiger partial charge in [-0.15, -0.1) is 0 Å². The molecule has 2 heterocycles. The predicted molar refractivity (Wildman–Crippen MR) is 140 cm³/mol. The van der Waals surface area contributed by atoms with Crippen LogP contribution >= 0.6 is 11.8 Å². The first-order valence-electron chi connectivity index (χ1n) is 12.1. The van der Waals surface area contributed by atoms with Gasteiger partial charge in [0.15, 0.2) is 18.1 Å². The fourth-order valence-corrected chi connectivity index (χ4v) is 4.71. The number of nitrogens with zero attached hydrogens (tertiary/aromatic N) is 2. The fourth-order valence-electron chi connectivity index (χ4n) is 3.85. The van der Waals surface area contributed by atoms with E-state index in [0.717, 1.165) is 17.3 Å². The van der Waals surface area contributed by atoms with Crippen molar-refractivity contribution >= 4 is 34.9 Å². The summed E-state index contributed by atoms with van der Waals surface area (Å²) in [6, 6.07) is 12.8. The maximum Gasteiger partial charge on any atom is 0.293 e. The quantitative estimate of drug-likeness (QED) is 0.432. The van der Waals surface area contributed by atoms with Crippen molar-refractivity contribution in [2.45, 2.75) is 13.8 Å². The number of aryl methyl sites for hydroxylation is 1. The summed E-state index contributed by atoms with van der Waals surface area (Å²) in [6.45, 7) is 6.61. The highest BCUT2D eigenvalue weighted by Crippen LogP contribution is 2.34. The SMILES string of the molecule is CCOc1cc(/C=C2\SC(=O)N(CCOc3cccc(C)c3)C2=O)ccc1OCC(=O)N1CCOCC1. The molecule has 2 aromatic carbocycles. The van der Waals surface area contributed by atoms with E-state index in [1.807, 2.05) is 38.1 Å². The minimum absolute atomic E-state index is 0.108. The summed E-state index contributed by atoms with van der Waals surface area (Å²) >= 11 is 0.889. The number of thioether (sulfide) groups is 1. The average Bonchev–Trinajstić information content (AvgIpc) is 3.16. The van der Waals surface area contributed by atoms with Crippen LogP contribution in [0.25, 0.3) is 6.08 Å². The highest BCUT2D eigenvalue weighted by Gasteiger charge is 2.34. The molecule has 2 saturated heterocycles. The maximum atomic E-state index is 12.9. The van der Waals surface area contributed by atoms with E-state index < -0.39 is 0 Å². The molecule has 0 N–H and O–H groups in total. The van der Waals surface area contributed by atoms with Gasteiger partial charge in [-0.1, -0.05) is 18.2 Å². The Bertz CT molecular complexity index is 1180. The molecule has 0 saturated carbocycles. The van der Waals surface area contributed by atoms with Gasteiger partial charge in [0.1, 0.15) is 12.4 Å². The maximum absolute atomic E-state index is 12.9. The Balaban J connectivity index is 1.38. The monoisotopic (exact) mass is 526 g/mol. The first kappa shape index (κ1) is 26.6. The zero-order valence-electron chi connectivity index (χ0n) is 20.9. The van der Waals surface area contributed by atoms with Crippen LogP contribution in [0, 0.1) is 6.92 Å². The second-order valence-electron chi connectivity index (χ2n) is 8.42. The third kappa shape index (κ3) is 7.05. The third-order valence-corrected chi connectivity index (χ3v) is 6.63. The summed E-state index contributed by atoms with van der Waals surface area (Å²) in [4.78, 5) is 41.0. The number of rotatable bonds is 10. The second-order valence-corrected chi connectivity index (χ2v) is 9.41. The van der Waals surface area contributed by atoms with Crippen molar-refractivity contribution in [1.82, 2.24) is 9.80 Å². The van der Waals surface area contributed by atoms with E-state index in [1.54, 1.807) is 29.2 Å². The molecule has 2 aromatic rings. The molecule has 196 valence electrons. The number of imide groups is 1. The van der Waals surface area contributed by atoms with Crippen molar-refractivity contribution in [2.75, 3.05) is 52.7 Å². The van der Waals surface area contributed by atoms with Crippen LogP contribution in [-0.2, 0) is 14.3 Å². The minimum Gasteiger partial charge on any atom is -0.492 e. The van der Waals surface area contributed by atoms with Crippen LogP contribution < -0.4 is 14.2 Å². The highest BCUT2D eigenvalue weighted by molar-refractivity contribution is 8.18. The molecule has 2 aliphatic heterocycles. The van der Waals surface area contributed by atoms with Crippen molar-refractivity contribution in [1.29, 1.82) is 0 Å². The van der Waals surface area contributed by atoms with E-state index in [9.17, 15) is 14.4 Å². The number of amides is 3. The molecule has 0 atom stereocenters. The zero-order chi connectivity index (χ0) is 26.2.